The minimum Gasteiger partial charge on any atom is -0.495 e. The zero-order valence-electron chi connectivity index (χ0n) is 15.4. The third-order valence-corrected chi connectivity index (χ3v) is 5.95. The van der Waals surface area contributed by atoms with Gasteiger partial charge in [-0.2, -0.15) is 4.72 Å². The minimum absolute atomic E-state index is 0.0621. The number of hydrogen-bond donors (Lipinski definition) is 1. The summed E-state index contributed by atoms with van der Waals surface area (Å²) in [6, 6.07) is 4.19. The first kappa shape index (κ1) is 19.7. The van der Waals surface area contributed by atoms with Crippen LogP contribution in [0.5, 0.6) is 5.75 Å². The molecule has 1 heterocycles. The van der Waals surface area contributed by atoms with Crippen molar-refractivity contribution < 1.29 is 17.9 Å². The second-order valence-electron chi connectivity index (χ2n) is 6.88. The Hall–Kier alpha value is -1.60. The summed E-state index contributed by atoms with van der Waals surface area (Å²) in [4.78, 5) is 14.7. The standard InChI is InChI=1S/C18H28N2O4S/c1-13(2)17(18(21)20-10-6-5-7-11-20)19-25(22,23)16-12-14(3)8-9-15(16)24-4/h8-9,12-13,17,19H,5-7,10-11H2,1-4H3/t17-/m0/s1. The predicted molar refractivity (Wildman–Crippen MR) is 97.1 cm³/mol. The van der Waals surface area contributed by atoms with E-state index in [-0.39, 0.29) is 22.5 Å². The van der Waals surface area contributed by atoms with Crippen LogP contribution in [0.15, 0.2) is 23.1 Å². The largest absolute Gasteiger partial charge is 0.495 e. The quantitative estimate of drug-likeness (QED) is 0.836. The molecular weight excluding hydrogens is 340 g/mol. The molecule has 0 saturated carbocycles. The number of nitrogens with zero attached hydrogens (tertiary/aromatic N) is 1. The summed E-state index contributed by atoms with van der Waals surface area (Å²) in [5, 5.41) is 0. The van der Waals surface area contributed by atoms with E-state index in [9.17, 15) is 13.2 Å². The molecule has 140 valence electrons. The Balaban J connectivity index is 2.29. The van der Waals surface area contributed by atoms with Gasteiger partial charge in [-0.3, -0.25) is 4.79 Å². The normalized spacial score (nSPS) is 16.8. The number of hydrogen-bond acceptors (Lipinski definition) is 4. The minimum atomic E-state index is -3.88. The van der Waals surface area contributed by atoms with E-state index in [2.05, 4.69) is 4.72 Å². The molecule has 1 amide bonds. The van der Waals surface area contributed by atoms with Crippen molar-refractivity contribution in [1.29, 1.82) is 0 Å². The van der Waals surface area contributed by atoms with Crippen LogP contribution in [-0.2, 0) is 14.8 Å². The fraction of sp³-hybridized carbons (Fsp3) is 0.611. The van der Waals surface area contributed by atoms with Gasteiger partial charge in [-0.1, -0.05) is 19.9 Å². The van der Waals surface area contributed by atoms with Crippen molar-refractivity contribution in [2.75, 3.05) is 20.2 Å². The maximum Gasteiger partial charge on any atom is 0.244 e. The number of amides is 1. The Bertz CT molecular complexity index is 710. The highest BCUT2D eigenvalue weighted by atomic mass is 32.2. The van der Waals surface area contributed by atoms with E-state index in [0.717, 1.165) is 24.8 Å². The molecule has 6 nitrogen and oxygen atoms in total. The summed E-state index contributed by atoms with van der Waals surface area (Å²) < 4.78 is 33.6. The Labute approximate surface area is 150 Å². The van der Waals surface area contributed by atoms with E-state index in [1.165, 1.54) is 7.11 Å². The van der Waals surface area contributed by atoms with Crippen LogP contribution in [-0.4, -0.2) is 45.5 Å². The Kier molecular flexibility index (Phi) is 6.46. The van der Waals surface area contributed by atoms with E-state index in [1.54, 1.807) is 23.1 Å². The summed E-state index contributed by atoms with van der Waals surface area (Å²) in [5.74, 6) is -0.0315. The molecule has 1 aromatic rings. The first-order valence-corrected chi connectivity index (χ1v) is 10.2. The Morgan fingerprint density at radius 1 is 1.20 bits per heavy atom. The van der Waals surface area contributed by atoms with Crippen molar-refractivity contribution in [3.05, 3.63) is 23.8 Å². The molecule has 1 aromatic carbocycles. The van der Waals surface area contributed by atoms with E-state index in [1.807, 2.05) is 20.8 Å². The van der Waals surface area contributed by atoms with Gasteiger partial charge in [0.15, 0.2) is 0 Å². The van der Waals surface area contributed by atoms with Crippen LogP contribution in [0, 0.1) is 12.8 Å². The molecule has 1 N–H and O–H groups in total. The van der Waals surface area contributed by atoms with E-state index in [0.29, 0.717) is 13.1 Å². The molecule has 7 heteroatoms. The van der Waals surface area contributed by atoms with Gasteiger partial charge >= 0.3 is 0 Å². The van der Waals surface area contributed by atoms with Gasteiger partial charge in [0.2, 0.25) is 15.9 Å². The van der Waals surface area contributed by atoms with Crippen molar-refractivity contribution >= 4 is 15.9 Å². The molecule has 0 aromatic heterocycles. The van der Waals surface area contributed by atoms with Crippen molar-refractivity contribution in [3.8, 4) is 5.75 Å². The molecule has 1 fully saturated rings. The van der Waals surface area contributed by atoms with Crippen molar-refractivity contribution in [2.24, 2.45) is 5.92 Å². The predicted octanol–water partition coefficient (Wildman–Crippen LogP) is 2.32. The topological polar surface area (TPSA) is 75.7 Å². The maximum atomic E-state index is 12.9. The monoisotopic (exact) mass is 368 g/mol. The molecule has 0 aliphatic carbocycles. The zero-order valence-corrected chi connectivity index (χ0v) is 16.2. The highest BCUT2D eigenvalue weighted by Crippen LogP contribution is 2.25. The zero-order chi connectivity index (χ0) is 18.6. The summed E-state index contributed by atoms with van der Waals surface area (Å²) in [6.45, 7) is 6.90. The number of aryl methyl sites for hydroxylation is 1. The maximum absolute atomic E-state index is 12.9. The van der Waals surface area contributed by atoms with Gasteiger partial charge in [0.25, 0.3) is 0 Å². The van der Waals surface area contributed by atoms with Crippen LogP contribution in [0.25, 0.3) is 0 Å². The van der Waals surface area contributed by atoms with Gasteiger partial charge in [-0.15, -0.1) is 0 Å². The van der Waals surface area contributed by atoms with Crippen molar-refractivity contribution in [2.45, 2.75) is 51.0 Å². The number of likely N-dealkylation sites (tertiary alicyclic amines) is 1. The van der Waals surface area contributed by atoms with Crippen molar-refractivity contribution in [3.63, 3.8) is 0 Å². The first-order valence-electron chi connectivity index (χ1n) is 8.72. The van der Waals surface area contributed by atoms with Crippen LogP contribution in [0.3, 0.4) is 0 Å². The lowest BCUT2D eigenvalue weighted by Gasteiger charge is -2.32. The van der Waals surface area contributed by atoms with Crippen LogP contribution in [0.1, 0.15) is 38.7 Å². The second kappa shape index (κ2) is 8.19. The molecule has 25 heavy (non-hydrogen) atoms. The highest BCUT2D eigenvalue weighted by molar-refractivity contribution is 7.89. The second-order valence-corrected chi connectivity index (χ2v) is 8.57. The van der Waals surface area contributed by atoms with Gasteiger partial charge in [0.1, 0.15) is 16.7 Å². The van der Waals surface area contributed by atoms with E-state index in [4.69, 9.17) is 4.74 Å². The van der Waals surface area contributed by atoms with Gasteiger partial charge < -0.3 is 9.64 Å². The first-order chi connectivity index (χ1) is 11.8. The molecular formula is C18H28N2O4S. The number of carbonyl (C=O) groups excluding carboxylic acids is 1. The fourth-order valence-electron chi connectivity index (χ4n) is 3.01. The highest BCUT2D eigenvalue weighted by Gasteiger charge is 2.33. The number of benzene rings is 1. The Morgan fingerprint density at radius 3 is 2.40 bits per heavy atom. The molecule has 0 spiro atoms. The average molecular weight is 368 g/mol. The van der Waals surface area contributed by atoms with Gasteiger partial charge in [-0.25, -0.2) is 8.42 Å². The number of carbonyl (C=O) groups is 1. The van der Waals surface area contributed by atoms with E-state index >= 15 is 0 Å². The number of nitrogens with one attached hydrogen (secondary N) is 1. The molecule has 1 aliphatic rings. The smallest absolute Gasteiger partial charge is 0.244 e. The molecule has 1 atom stereocenters. The number of methoxy groups -OCH3 is 1. The molecule has 0 radical (unpaired) electrons. The third kappa shape index (κ3) is 4.73. The van der Waals surface area contributed by atoms with E-state index < -0.39 is 16.1 Å². The van der Waals surface area contributed by atoms with Crippen LogP contribution < -0.4 is 9.46 Å². The summed E-state index contributed by atoms with van der Waals surface area (Å²) in [6.07, 6.45) is 3.05. The lowest BCUT2D eigenvalue weighted by Crippen LogP contribution is -2.52. The van der Waals surface area contributed by atoms with Crippen molar-refractivity contribution in [1.82, 2.24) is 9.62 Å². The molecule has 1 saturated heterocycles. The van der Waals surface area contributed by atoms with Gasteiger partial charge in [-0.05, 0) is 49.8 Å². The molecule has 2 rings (SSSR count). The number of ether oxygens (including phenoxy) is 1. The lowest BCUT2D eigenvalue weighted by atomic mass is 10.0. The molecule has 0 bridgehead atoms. The average Bonchev–Trinajstić information content (AvgIpc) is 2.59. The molecule has 1 aliphatic heterocycles. The van der Waals surface area contributed by atoms with Gasteiger partial charge in [0, 0.05) is 13.1 Å². The van der Waals surface area contributed by atoms with Crippen LogP contribution >= 0.6 is 0 Å². The SMILES string of the molecule is COc1ccc(C)cc1S(=O)(=O)N[C@H](C(=O)N1CCCCC1)C(C)C. The van der Waals surface area contributed by atoms with Gasteiger partial charge in [0.05, 0.1) is 7.11 Å². The number of piperidine rings is 1. The molecule has 0 unspecified atom stereocenters. The lowest BCUT2D eigenvalue weighted by molar-refractivity contribution is -0.134. The third-order valence-electron chi connectivity index (χ3n) is 4.49. The summed E-state index contributed by atoms with van der Waals surface area (Å²) >= 11 is 0. The van der Waals surface area contributed by atoms with Crippen LogP contribution in [0.2, 0.25) is 0 Å². The Morgan fingerprint density at radius 2 is 1.84 bits per heavy atom. The summed E-state index contributed by atoms with van der Waals surface area (Å²) in [5.41, 5.74) is 0.810. The summed E-state index contributed by atoms with van der Waals surface area (Å²) in [7, 11) is -2.44. The fourth-order valence-corrected chi connectivity index (χ4v) is 4.60. The number of sulfonamides is 1. The number of rotatable bonds is 6. The van der Waals surface area contributed by atoms with Crippen LogP contribution in [0.4, 0.5) is 0 Å².